The van der Waals surface area contributed by atoms with E-state index in [2.05, 4.69) is 20.0 Å². The fourth-order valence-electron chi connectivity index (χ4n) is 4.41. The van der Waals surface area contributed by atoms with Gasteiger partial charge in [0.25, 0.3) is 0 Å². The highest BCUT2D eigenvalue weighted by Crippen LogP contribution is 2.47. The van der Waals surface area contributed by atoms with Crippen LogP contribution < -0.4 is 9.82 Å². The Kier molecular flexibility index (Phi) is 11.0. The monoisotopic (exact) mass is 617 g/mol. The van der Waals surface area contributed by atoms with Gasteiger partial charge < -0.3 is 29.2 Å². The van der Waals surface area contributed by atoms with Crippen molar-refractivity contribution in [3.8, 4) is 5.88 Å². The van der Waals surface area contributed by atoms with Crippen molar-refractivity contribution in [3.63, 3.8) is 0 Å². The molecule has 6 atom stereocenters. The van der Waals surface area contributed by atoms with E-state index in [0.29, 0.717) is 11.3 Å². The molecule has 236 valence electrons. The van der Waals surface area contributed by atoms with Crippen LogP contribution in [0, 0.1) is 12.8 Å². The van der Waals surface area contributed by atoms with Gasteiger partial charge in [-0.25, -0.2) is 24.4 Å². The third kappa shape index (κ3) is 7.81. The molecule has 17 heteroatoms. The number of aliphatic hydroxyl groups is 2. The number of aliphatic hydroxyl groups excluding tert-OH is 1. The molecular formula is C25H40N5O11P. The SMILES string of the molecule is COC(=O)[C@H](CC(C)C)NP(=O)(OCC(=O)OC(C)C)OC[C@H]1O[C@@H](n2cnc3c(OC)nc(C)nc32)[C@@](C)(O)C1O. The fourth-order valence-corrected chi connectivity index (χ4v) is 5.84. The summed E-state index contributed by atoms with van der Waals surface area (Å²) in [6.07, 6.45) is -2.88. The lowest BCUT2D eigenvalue weighted by Crippen LogP contribution is -2.44. The van der Waals surface area contributed by atoms with E-state index in [4.69, 9.17) is 28.0 Å². The highest BCUT2D eigenvalue weighted by molar-refractivity contribution is 7.51. The molecule has 3 rings (SSSR count). The van der Waals surface area contributed by atoms with Gasteiger partial charge in [-0.2, -0.15) is 4.98 Å². The quantitative estimate of drug-likeness (QED) is 0.203. The summed E-state index contributed by atoms with van der Waals surface area (Å²) in [5.41, 5.74) is -1.29. The van der Waals surface area contributed by atoms with Crippen LogP contribution in [0.2, 0.25) is 0 Å². The van der Waals surface area contributed by atoms with Crippen LogP contribution in [0.3, 0.4) is 0 Å². The highest BCUT2D eigenvalue weighted by atomic mass is 31.2. The molecule has 0 aromatic carbocycles. The molecule has 16 nitrogen and oxygen atoms in total. The van der Waals surface area contributed by atoms with Gasteiger partial charge in [0.1, 0.15) is 29.7 Å². The number of nitrogens with one attached hydrogen (secondary N) is 1. The van der Waals surface area contributed by atoms with Crippen molar-refractivity contribution >= 4 is 30.8 Å². The summed E-state index contributed by atoms with van der Waals surface area (Å²) in [5.74, 6) is -0.959. The number of aryl methyl sites for hydroxylation is 1. The first kappa shape index (κ1) is 33.8. The normalized spacial score (nSPS) is 24.6. The average Bonchev–Trinajstić information content (AvgIpc) is 3.42. The van der Waals surface area contributed by atoms with Crippen molar-refractivity contribution in [2.24, 2.45) is 5.92 Å². The summed E-state index contributed by atoms with van der Waals surface area (Å²) in [5, 5.41) is 24.8. The summed E-state index contributed by atoms with van der Waals surface area (Å²) >= 11 is 0. The standard InChI is InChI=1S/C25H40N5O11P/c1-13(2)9-16(23(33)37-8)29-42(35,39-11-18(31)40-14(3)4)38-10-17-20(32)25(6,34)24(41-17)30-12-26-19-21(30)27-15(5)28-22(19)36-7/h12-14,16-17,20,24,32,34H,9-11H2,1-8H3,(H,29,35)/t16-,17+,20?,24+,25-,42?/m0/s1. The molecule has 2 aromatic heterocycles. The van der Waals surface area contributed by atoms with Crippen molar-refractivity contribution in [3.05, 3.63) is 12.2 Å². The highest BCUT2D eigenvalue weighted by Gasteiger charge is 2.54. The van der Waals surface area contributed by atoms with E-state index in [-0.39, 0.29) is 23.9 Å². The van der Waals surface area contributed by atoms with Gasteiger partial charge in [0.05, 0.1) is 33.3 Å². The van der Waals surface area contributed by atoms with Gasteiger partial charge in [0, 0.05) is 0 Å². The van der Waals surface area contributed by atoms with Crippen LogP contribution in [-0.4, -0.2) is 99.1 Å². The van der Waals surface area contributed by atoms with Crippen molar-refractivity contribution in [2.75, 3.05) is 27.4 Å². The van der Waals surface area contributed by atoms with E-state index in [9.17, 15) is 24.4 Å². The third-order valence-corrected chi connectivity index (χ3v) is 7.92. The minimum absolute atomic E-state index is 0.0205. The number of hydrogen-bond donors (Lipinski definition) is 3. The number of nitrogens with zero attached hydrogens (tertiary/aromatic N) is 4. The molecule has 0 aliphatic carbocycles. The molecule has 1 aliphatic rings. The number of imidazole rings is 1. The van der Waals surface area contributed by atoms with Crippen LogP contribution in [-0.2, 0) is 37.4 Å². The van der Waals surface area contributed by atoms with Crippen LogP contribution in [0.15, 0.2) is 6.33 Å². The van der Waals surface area contributed by atoms with Gasteiger partial charge in [0.2, 0.25) is 5.88 Å². The molecule has 2 unspecified atom stereocenters. The lowest BCUT2D eigenvalue weighted by molar-refractivity contribution is -0.150. The molecule has 0 spiro atoms. The van der Waals surface area contributed by atoms with Crippen LogP contribution in [0.1, 0.15) is 53.1 Å². The van der Waals surface area contributed by atoms with Crippen molar-refractivity contribution in [2.45, 2.75) is 84.1 Å². The van der Waals surface area contributed by atoms with E-state index in [1.54, 1.807) is 20.8 Å². The van der Waals surface area contributed by atoms with Gasteiger partial charge >= 0.3 is 19.7 Å². The molecule has 42 heavy (non-hydrogen) atoms. The second-order valence-electron chi connectivity index (χ2n) is 10.7. The number of rotatable bonds is 14. The van der Waals surface area contributed by atoms with Crippen LogP contribution in [0.25, 0.3) is 11.2 Å². The summed E-state index contributed by atoms with van der Waals surface area (Å²) in [7, 11) is -1.82. The maximum atomic E-state index is 13.8. The largest absolute Gasteiger partial charge is 0.479 e. The maximum Gasteiger partial charge on any atom is 0.406 e. The number of methoxy groups -OCH3 is 2. The van der Waals surface area contributed by atoms with Crippen LogP contribution in [0.4, 0.5) is 0 Å². The predicted octanol–water partition coefficient (Wildman–Crippen LogP) is 1.42. The zero-order valence-corrected chi connectivity index (χ0v) is 25.9. The van der Waals surface area contributed by atoms with Gasteiger partial charge in [-0.1, -0.05) is 13.8 Å². The lowest BCUT2D eigenvalue weighted by atomic mass is 9.96. The average molecular weight is 618 g/mol. The molecule has 0 amide bonds. The number of hydrogen-bond acceptors (Lipinski definition) is 14. The van der Waals surface area contributed by atoms with Gasteiger partial charge in [-0.3, -0.25) is 18.4 Å². The first-order chi connectivity index (χ1) is 19.6. The zero-order valence-electron chi connectivity index (χ0n) is 25.0. The van der Waals surface area contributed by atoms with Crippen LogP contribution >= 0.6 is 7.75 Å². The summed E-state index contributed by atoms with van der Waals surface area (Å²) in [6.45, 7) is 8.64. The summed E-state index contributed by atoms with van der Waals surface area (Å²) in [6, 6.07) is -1.11. The van der Waals surface area contributed by atoms with Crippen molar-refractivity contribution < 1.29 is 52.4 Å². The molecule has 0 radical (unpaired) electrons. The molecule has 0 bridgehead atoms. The van der Waals surface area contributed by atoms with Crippen molar-refractivity contribution in [1.29, 1.82) is 0 Å². The Morgan fingerprint density at radius 2 is 1.90 bits per heavy atom. The van der Waals surface area contributed by atoms with E-state index in [1.165, 1.54) is 32.0 Å². The van der Waals surface area contributed by atoms with Gasteiger partial charge in [0.15, 0.2) is 24.0 Å². The maximum absolute atomic E-state index is 13.8. The van der Waals surface area contributed by atoms with Crippen molar-refractivity contribution in [1.82, 2.24) is 24.6 Å². The number of fused-ring (bicyclic) bond motifs is 1. The second-order valence-corrected chi connectivity index (χ2v) is 12.5. The van der Waals surface area contributed by atoms with E-state index in [0.717, 1.165) is 0 Å². The smallest absolute Gasteiger partial charge is 0.406 e. The number of ether oxygens (including phenoxy) is 4. The Hall–Kier alpha value is -2.72. The Balaban J connectivity index is 1.85. The number of esters is 2. The topological polar surface area (TPSA) is 203 Å². The molecule has 2 aromatic rings. The van der Waals surface area contributed by atoms with Gasteiger partial charge in [-0.15, -0.1) is 0 Å². The Morgan fingerprint density at radius 3 is 2.50 bits per heavy atom. The molecule has 1 fully saturated rings. The molecule has 3 heterocycles. The van der Waals surface area contributed by atoms with E-state index in [1.807, 2.05) is 13.8 Å². The Bertz CT molecular complexity index is 1300. The van der Waals surface area contributed by atoms with E-state index < -0.39 is 69.1 Å². The first-order valence-corrected chi connectivity index (χ1v) is 14.9. The zero-order chi connectivity index (χ0) is 31.4. The minimum Gasteiger partial charge on any atom is -0.479 e. The molecular weight excluding hydrogens is 577 g/mol. The van der Waals surface area contributed by atoms with Crippen LogP contribution in [0.5, 0.6) is 5.88 Å². The molecule has 0 saturated carbocycles. The number of carbonyl (C=O) groups excluding carboxylic acids is 2. The second kappa shape index (κ2) is 13.7. The summed E-state index contributed by atoms with van der Waals surface area (Å²) in [4.78, 5) is 37.4. The minimum atomic E-state index is -4.43. The van der Waals surface area contributed by atoms with Gasteiger partial charge in [-0.05, 0) is 40.0 Å². The Morgan fingerprint density at radius 1 is 1.21 bits per heavy atom. The summed E-state index contributed by atoms with van der Waals surface area (Å²) < 4.78 is 47.3. The van der Waals surface area contributed by atoms with E-state index >= 15 is 0 Å². The first-order valence-electron chi connectivity index (χ1n) is 13.4. The molecule has 3 N–H and O–H groups in total. The lowest BCUT2D eigenvalue weighted by Gasteiger charge is -2.27. The number of aromatic nitrogens is 4. The predicted molar refractivity (Wildman–Crippen MR) is 146 cm³/mol. The molecule has 1 aliphatic heterocycles. The third-order valence-electron chi connectivity index (χ3n) is 6.34. The Labute approximate surface area is 243 Å². The number of carbonyl (C=O) groups is 2. The fraction of sp³-hybridized carbons (Fsp3) is 0.720. The molecule has 1 saturated heterocycles.